The molecule has 23 heavy (non-hydrogen) atoms. The normalized spacial score (nSPS) is 22.3. The number of pyridine rings is 1. The monoisotopic (exact) mass is 323 g/mol. The van der Waals surface area contributed by atoms with E-state index in [1.54, 1.807) is 7.11 Å². The van der Waals surface area contributed by atoms with Crippen LogP contribution in [0.15, 0.2) is 18.2 Å². The van der Waals surface area contributed by atoms with E-state index in [0.717, 1.165) is 19.3 Å². The fourth-order valence-electron chi connectivity index (χ4n) is 2.81. The first kappa shape index (κ1) is 18.0. The van der Waals surface area contributed by atoms with Gasteiger partial charge in [-0.15, -0.1) is 0 Å². The molecule has 0 bridgehead atoms. The van der Waals surface area contributed by atoms with Gasteiger partial charge in [-0.1, -0.05) is 26.8 Å². The van der Waals surface area contributed by atoms with Crippen LogP contribution in [0.2, 0.25) is 0 Å². The summed E-state index contributed by atoms with van der Waals surface area (Å²) in [6, 6.07) is 5.59. The van der Waals surface area contributed by atoms with Crippen LogP contribution in [0.1, 0.15) is 40.0 Å². The quantitative estimate of drug-likeness (QED) is 0.757. The lowest BCUT2D eigenvalue weighted by Crippen LogP contribution is -2.39. The molecule has 1 aromatic rings. The number of aromatic nitrogens is 1. The highest BCUT2D eigenvalue weighted by atomic mass is 16.5. The highest BCUT2D eigenvalue weighted by molar-refractivity contribution is 5.20. The summed E-state index contributed by atoms with van der Waals surface area (Å²) < 4.78 is 16.8. The first-order valence-electron chi connectivity index (χ1n) is 8.32. The van der Waals surface area contributed by atoms with E-state index in [9.17, 15) is 5.11 Å². The number of ether oxygens (including phenoxy) is 3. The number of aliphatic hydroxyl groups excluding tert-OH is 1. The zero-order valence-electron chi connectivity index (χ0n) is 14.6. The summed E-state index contributed by atoms with van der Waals surface area (Å²) in [7, 11) is 1.73. The van der Waals surface area contributed by atoms with Crippen LogP contribution in [-0.2, 0) is 4.74 Å². The molecule has 5 nitrogen and oxygen atoms in total. The lowest BCUT2D eigenvalue weighted by atomic mass is 9.84. The maximum Gasteiger partial charge on any atom is 0.216 e. The summed E-state index contributed by atoms with van der Waals surface area (Å²) in [4.78, 5) is 4.40. The number of rotatable bonds is 9. The second kappa shape index (κ2) is 7.97. The Labute approximate surface area is 139 Å². The van der Waals surface area contributed by atoms with Crippen molar-refractivity contribution in [2.45, 2.75) is 52.2 Å². The molecule has 0 aliphatic heterocycles. The number of aliphatic hydroxyl groups is 1. The van der Waals surface area contributed by atoms with Crippen LogP contribution in [0.3, 0.4) is 0 Å². The predicted molar refractivity (Wildman–Crippen MR) is 88.8 cm³/mol. The van der Waals surface area contributed by atoms with Crippen LogP contribution in [0.4, 0.5) is 0 Å². The van der Waals surface area contributed by atoms with Gasteiger partial charge in [-0.25, -0.2) is 0 Å². The van der Waals surface area contributed by atoms with Crippen LogP contribution < -0.4 is 9.47 Å². The van der Waals surface area contributed by atoms with E-state index in [1.807, 2.05) is 18.2 Å². The Bertz CT molecular complexity index is 486. The average Bonchev–Trinajstić information content (AvgIpc) is 2.48. The van der Waals surface area contributed by atoms with Gasteiger partial charge < -0.3 is 19.3 Å². The van der Waals surface area contributed by atoms with Crippen molar-refractivity contribution >= 4 is 0 Å². The molecule has 0 saturated heterocycles. The third-order valence-corrected chi connectivity index (χ3v) is 4.22. The third-order valence-electron chi connectivity index (χ3n) is 4.22. The van der Waals surface area contributed by atoms with Crippen LogP contribution in [0.25, 0.3) is 0 Å². The van der Waals surface area contributed by atoms with Crippen LogP contribution in [-0.4, -0.2) is 42.6 Å². The van der Waals surface area contributed by atoms with Crippen molar-refractivity contribution in [2.24, 2.45) is 11.3 Å². The molecule has 1 unspecified atom stereocenters. The third kappa shape index (κ3) is 5.66. The fourth-order valence-corrected chi connectivity index (χ4v) is 2.81. The van der Waals surface area contributed by atoms with Crippen molar-refractivity contribution in [3.8, 4) is 11.8 Å². The average molecular weight is 323 g/mol. The smallest absolute Gasteiger partial charge is 0.216 e. The van der Waals surface area contributed by atoms with Gasteiger partial charge in [0.1, 0.15) is 6.10 Å². The molecule has 130 valence electrons. The number of nitrogens with zero attached hydrogens (tertiary/aromatic N) is 1. The van der Waals surface area contributed by atoms with E-state index in [-0.39, 0.29) is 18.1 Å². The summed E-state index contributed by atoms with van der Waals surface area (Å²) in [5, 5.41) is 9.34. The molecular weight excluding hydrogens is 294 g/mol. The van der Waals surface area contributed by atoms with Crippen molar-refractivity contribution in [1.29, 1.82) is 0 Å². The molecule has 2 rings (SSSR count). The first-order valence-corrected chi connectivity index (χ1v) is 8.32. The maximum absolute atomic E-state index is 9.34. The Morgan fingerprint density at radius 2 is 1.96 bits per heavy atom. The van der Waals surface area contributed by atoms with Crippen LogP contribution in [0.5, 0.6) is 11.8 Å². The molecule has 5 heteroatoms. The Balaban J connectivity index is 1.78. The Morgan fingerprint density at radius 3 is 2.61 bits per heavy atom. The topological polar surface area (TPSA) is 60.8 Å². The largest absolute Gasteiger partial charge is 0.477 e. The first-order chi connectivity index (χ1) is 10.9. The minimum atomic E-state index is -0.0801. The zero-order chi connectivity index (χ0) is 16.9. The Kier molecular flexibility index (Phi) is 6.25. The van der Waals surface area contributed by atoms with Gasteiger partial charge in [0.25, 0.3) is 0 Å². The molecule has 1 aliphatic rings. The highest BCUT2D eigenvalue weighted by Gasteiger charge is 2.31. The maximum atomic E-state index is 9.34. The summed E-state index contributed by atoms with van der Waals surface area (Å²) in [6.07, 6.45) is 3.23. The molecule has 0 aromatic carbocycles. The molecule has 1 saturated carbocycles. The molecule has 0 spiro atoms. The van der Waals surface area contributed by atoms with E-state index in [0.29, 0.717) is 30.4 Å². The highest BCUT2D eigenvalue weighted by Crippen LogP contribution is 2.28. The van der Waals surface area contributed by atoms with Gasteiger partial charge in [0.2, 0.25) is 11.8 Å². The standard InChI is InChI=1S/C18H29NO4/c1-13(10-18(2,3)12-20)11-22-16-6-5-7-17(19-16)23-15-8-14(9-15)21-4/h5-7,13-15,20H,8-12H2,1-4H3. The van der Waals surface area contributed by atoms with Gasteiger partial charge in [-0.3, -0.25) is 0 Å². The number of methoxy groups -OCH3 is 1. The summed E-state index contributed by atoms with van der Waals surface area (Å²) in [5.74, 6) is 1.53. The number of hydrogen-bond acceptors (Lipinski definition) is 5. The fraction of sp³-hybridized carbons (Fsp3) is 0.722. The summed E-state index contributed by atoms with van der Waals surface area (Å²) in [6.45, 7) is 7.00. The molecule has 1 aliphatic carbocycles. The second-order valence-corrected chi connectivity index (χ2v) is 7.33. The zero-order valence-corrected chi connectivity index (χ0v) is 14.6. The SMILES string of the molecule is COC1CC(Oc2cccc(OCC(C)CC(C)(C)CO)n2)C1. The van der Waals surface area contributed by atoms with Crippen LogP contribution in [0, 0.1) is 11.3 Å². The van der Waals surface area contributed by atoms with Gasteiger partial charge in [-0.2, -0.15) is 4.98 Å². The molecule has 1 N–H and O–H groups in total. The van der Waals surface area contributed by atoms with Gasteiger partial charge in [-0.05, 0) is 17.8 Å². The minimum absolute atomic E-state index is 0.0801. The molecule has 1 fully saturated rings. The Hall–Kier alpha value is -1.33. The van der Waals surface area contributed by atoms with Gasteiger partial charge >= 0.3 is 0 Å². The molecule has 0 amide bonds. The molecule has 1 atom stereocenters. The van der Waals surface area contributed by atoms with Gasteiger partial charge in [0, 0.05) is 38.7 Å². The molecule has 0 radical (unpaired) electrons. The minimum Gasteiger partial charge on any atom is -0.477 e. The van der Waals surface area contributed by atoms with Crippen molar-refractivity contribution < 1.29 is 19.3 Å². The van der Waals surface area contributed by atoms with Gasteiger partial charge in [0.15, 0.2) is 0 Å². The summed E-state index contributed by atoms with van der Waals surface area (Å²) >= 11 is 0. The molecule has 1 aromatic heterocycles. The van der Waals surface area contributed by atoms with Gasteiger partial charge in [0.05, 0.1) is 12.7 Å². The number of hydrogen-bond donors (Lipinski definition) is 1. The lowest BCUT2D eigenvalue weighted by molar-refractivity contribution is -0.0398. The Morgan fingerprint density at radius 1 is 1.26 bits per heavy atom. The van der Waals surface area contributed by atoms with Crippen molar-refractivity contribution in [3.63, 3.8) is 0 Å². The van der Waals surface area contributed by atoms with E-state index >= 15 is 0 Å². The van der Waals surface area contributed by atoms with E-state index < -0.39 is 0 Å². The summed E-state index contributed by atoms with van der Waals surface area (Å²) in [5.41, 5.74) is -0.0801. The molecular formula is C18H29NO4. The van der Waals surface area contributed by atoms with Crippen molar-refractivity contribution in [3.05, 3.63) is 18.2 Å². The van der Waals surface area contributed by atoms with E-state index in [1.165, 1.54) is 0 Å². The predicted octanol–water partition coefficient (Wildman–Crippen LogP) is 3.06. The lowest BCUT2D eigenvalue weighted by Gasteiger charge is -2.33. The van der Waals surface area contributed by atoms with Crippen molar-refractivity contribution in [2.75, 3.05) is 20.3 Å². The van der Waals surface area contributed by atoms with Crippen molar-refractivity contribution in [1.82, 2.24) is 4.98 Å². The second-order valence-electron chi connectivity index (χ2n) is 7.33. The van der Waals surface area contributed by atoms with E-state index in [2.05, 4.69) is 25.8 Å². The molecule has 1 heterocycles. The van der Waals surface area contributed by atoms with Crippen LogP contribution >= 0.6 is 0 Å². The van der Waals surface area contributed by atoms with E-state index in [4.69, 9.17) is 14.2 Å².